The number of amides is 1. The molecule has 9 heteroatoms. The monoisotopic (exact) mass is 405 g/mol. The van der Waals surface area contributed by atoms with Crippen LogP contribution in [0, 0.1) is 0 Å². The average Bonchev–Trinajstić information content (AvgIpc) is 2.69. The Morgan fingerprint density at radius 1 is 1.26 bits per heavy atom. The molecular formula is C10H5Br2N3O3S. The van der Waals surface area contributed by atoms with Crippen LogP contribution in [0.2, 0.25) is 0 Å². The first-order chi connectivity index (χ1) is 8.99. The molecule has 0 saturated heterocycles. The van der Waals surface area contributed by atoms with Crippen LogP contribution < -0.4 is 5.32 Å². The molecule has 0 radical (unpaired) electrons. The lowest BCUT2D eigenvalue weighted by atomic mass is 10.3. The second kappa shape index (κ2) is 5.76. The van der Waals surface area contributed by atoms with E-state index in [0.29, 0.717) is 9.35 Å². The normalized spacial score (nSPS) is 10.2. The Hall–Kier alpha value is -1.32. The van der Waals surface area contributed by atoms with E-state index < -0.39 is 11.9 Å². The van der Waals surface area contributed by atoms with Crippen molar-refractivity contribution in [3.05, 3.63) is 37.3 Å². The fraction of sp³-hybridized carbons (Fsp3) is 0. The standard InChI is InChI=1S/C10H5Br2N3O3S/c11-5-3-4(7(12)19-5)9(16)15-8-6(10(17)18)13-1-2-14-8/h1-3H,(H,17,18)(H,14,15,16). The van der Waals surface area contributed by atoms with Gasteiger partial charge in [0.1, 0.15) is 0 Å². The number of nitrogens with zero attached hydrogens (tertiary/aromatic N) is 2. The molecule has 2 N–H and O–H groups in total. The number of carboxylic acids is 1. The summed E-state index contributed by atoms with van der Waals surface area (Å²) in [7, 11) is 0. The van der Waals surface area contributed by atoms with Gasteiger partial charge in [-0.25, -0.2) is 14.8 Å². The summed E-state index contributed by atoms with van der Waals surface area (Å²) in [6.07, 6.45) is 2.55. The van der Waals surface area contributed by atoms with E-state index in [1.807, 2.05) is 0 Å². The van der Waals surface area contributed by atoms with Gasteiger partial charge in [0.15, 0.2) is 11.5 Å². The molecule has 0 atom stereocenters. The Balaban J connectivity index is 2.29. The second-order valence-electron chi connectivity index (χ2n) is 3.25. The lowest BCUT2D eigenvalue weighted by Gasteiger charge is -2.05. The number of thiophene rings is 1. The SMILES string of the molecule is O=C(Nc1nccnc1C(=O)O)c1cc(Br)sc1Br. The van der Waals surface area contributed by atoms with E-state index in [4.69, 9.17) is 5.11 Å². The smallest absolute Gasteiger partial charge is 0.358 e. The maximum Gasteiger partial charge on any atom is 0.358 e. The van der Waals surface area contributed by atoms with Crippen molar-refractivity contribution in [1.29, 1.82) is 0 Å². The van der Waals surface area contributed by atoms with Gasteiger partial charge in [-0.2, -0.15) is 0 Å². The minimum Gasteiger partial charge on any atom is -0.476 e. The van der Waals surface area contributed by atoms with E-state index in [0.717, 1.165) is 3.79 Å². The van der Waals surface area contributed by atoms with Crippen molar-refractivity contribution in [3.8, 4) is 0 Å². The third-order valence-corrected chi connectivity index (χ3v) is 4.37. The highest BCUT2D eigenvalue weighted by Gasteiger charge is 2.18. The molecule has 0 fully saturated rings. The Morgan fingerprint density at radius 2 is 1.95 bits per heavy atom. The Morgan fingerprint density at radius 3 is 2.53 bits per heavy atom. The number of hydrogen-bond donors (Lipinski definition) is 2. The Kier molecular flexibility index (Phi) is 4.27. The molecule has 0 bridgehead atoms. The number of rotatable bonds is 3. The summed E-state index contributed by atoms with van der Waals surface area (Å²) in [5.41, 5.74) is 0.0835. The molecule has 98 valence electrons. The van der Waals surface area contributed by atoms with Gasteiger partial charge >= 0.3 is 5.97 Å². The van der Waals surface area contributed by atoms with Crippen molar-refractivity contribution >= 4 is 60.9 Å². The molecule has 0 unspecified atom stereocenters. The number of carbonyl (C=O) groups excluding carboxylic acids is 1. The number of halogens is 2. The van der Waals surface area contributed by atoms with Gasteiger partial charge in [-0.05, 0) is 37.9 Å². The number of hydrogen-bond acceptors (Lipinski definition) is 5. The number of nitrogens with one attached hydrogen (secondary N) is 1. The quantitative estimate of drug-likeness (QED) is 0.817. The van der Waals surface area contributed by atoms with Crippen LogP contribution in [0.15, 0.2) is 26.0 Å². The third-order valence-electron chi connectivity index (χ3n) is 2.03. The van der Waals surface area contributed by atoms with Crippen LogP contribution >= 0.6 is 43.2 Å². The summed E-state index contributed by atoms with van der Waals surface area (Å²) < 4.78 is 1.42. The lowest BCUT2D eigenvalue weighted by molar-refractivity contribution is 0.0691. The first-order valence-electron chi connectivity index (χ1n) is 4.79. The highest BCUT2D eigenvalue weighted by atomic mass is 79.9. The van der Waals surface area contributed by atoms with Crippen LogP contribution in [0.1, 0.15) is 20.8 Å². The lowest BCUT2D eigenvalue weighted by Crippen LogP contribution is -2.16. The molecule has 2 heterocycles. The molecule has 0 aliphatic heterocycles. The Labute approximate surface area is 128 Å². The van der Waals surface area contributed by atoms with Gasteiger partial charge in [0.05, 0.1) is 13.1 Å². The van der Waals surface area contributed by atoms with Crippen LogP contribution in [0.25, 0.3) is 0 Å². The van der Waals surface area contributed by atoms with E-state index in [1.165, 1.54) is 23.7 Å². The van der Waals surface area contributed by atoms with Gasteiger partial charge in [-0.15, -0.1) is 11.3 Å². The van der Waals surface area contributed by atoms with Crippen molar-refractivity contribution < 1.29 is 14.7 Å². The summed E-state index contributed by atoms with van der Waals surface area (Å²) in [5, 5.41) is 11.4. The summed E-state index contributed by atoms with van der Waals surface area (Å²) in [6.45, 7) is 0. The molecule has 0 spiro atoms. The zero-order chi connectivity index (χ0) is 14.0. The molecule has 2 aromatic heterocycles. The van der Waals surface area contributed by atoms with Gasteiger partial charge in [-0.3, -0.25) is 4.79 Å². The predicted octanol–water partition coefficient (Wildman–Crippen LogP) is 3.01. The van der Waals surface area contributed by atoms with Crippen LogP contribution in [-0.4, -0.2) is 27.0 Å². The molecule has 0 aliphatic rings. The molecule has 2 aromatic rings. The van der Waals surface area contributed by atoms with E-state index in [2.05, 4.69) is 47.1 Å². The number of carboxylic acid groups (broad SMARTS) is 1. The number of aromatic carboxylic acids is 1. The first-order valence-corrected chi connectivity index (χ1v) is 7.19. The Bertz CT molecular complexity index is 659. The number of carbonyl (C=O) groups is 2. The van der Waals surface area contributed by atoms with E-state index in [-0.39, 0.29) is 11.5 Å². The van der Waals surface area contributed by atoms with Crippen LogP contribution in [0.4, 0.5) is 5.82 Å². The van der Waals surface area contributed by atoms with Crippen molar-refractivity contribution in [1.82, 2.24) is 9.97 Å². The zero-order valence-corrected chi connectivity index (χ0v) is 13.0. The van der Waals surface area contributed by atoms with Gasteiger partial charge in [0, 0.05) is 12.4 Å². The maximum atomic E-state index is 12.0. The molecule has 6 nitrogen and oxygen atoms in total. The minimum absolute atomic E-state index is 0.0887. The van der Waals surface area contributed by atoms with Crippen LogP contribution in [0.5, 0.6) is 0 Å². The predicted molar refractivity (Wildman–Crippen MR) is 76.7 cm³/mol. The summed E-state index contributed by atoms with van der Waals surface area (Å²) in [6, 6.07) is 1.63. The highest BCUT2D eigenvalue weighted by molar-refractivity contribution is 9.12. The second-order valence-corrected chi connectivity index (χ2v) is 7.00. The van der Waals surface area contributed by atoms with Crippen LogP contribution in [-0.2, 0) is 0 Å². The van der Waals surface area contributed by atoms with E-state index >= 15 is 0 Å². The molecule has 19 heavy (non-hydrogen) atoms. The molecule has 1 amide bonds. The van der Waals surface area contributed by atoms with Crippen molar-refractivity contribution in [3.63, 3.8) is 0 Å². The van der Waals surface area contributed by atoms with Crippen LogP contribution in [0.3, 0.4) is 0 Å². The largest absolute Gasteiger partial charge is 0.476 e. The van der Waals surface area contributed by atoms with Crippen molar-refractivity contribution in [2.45, 2.75) is 0 Å². The maximum absolute atomic E-state index is 12.0. The summed E-state index contributed by atoms with van der Waals surface area (Å²) >= 11 is 7.85. The molecule has 2 rings (SSSR count). The minimum atomic E-state index is -1.26. The van der Waals surface area contributed by atoms with Crippen molar-refractivity contribution in [2.75, 3.05) is 5.32 Å². The summed E-state index contributed by atoms with van der Waals surface area (Å²) in [5.74, 6) is -1.81. The van der Waals surface area contributed by atoms with Gasteiger partial charge in [-0.1, -0.05) is 0 Å². The molecule has 0 aromatic carbocycles. The average molecular weight is 407 g/mol. The molecule has 0 aliphatic carbocycles. The van der Waals surface area contributed by atoms with Crippen molar-refractivity contribution in [2.24, 2.45) is 0 Å². The van der Waals surface area contributed by atoms with E-state index in [9.17, 15) is 9.59 Å². The number of aromatic nitrogens is 2. The molecule has 0 saturated carbocycles. The van der Waals surface area contributed by atoms with E-state index in [1.54, 1.807) is 6.07 Å². The summed E-state index contributed by atoms with van der Waals surface area (Å²) in [4.78, 5) is 30.4. The topological polar surface area (TPSA) is 92.2 Å². The fourth-order valence-corrected chi connectivity index (χ4v) is 4.05. The zero-order valence-electron chi connectivity index (χ0n) is 9.05. The highest BCUT2D eigenvalue weighted by Crippen LogP contribution is 2.32. The van der Waals surface area contributed by atoms with Gasteiger partial charge < -0.3 is 10.4 Å². The first kappa shape index (κ1) is 14.1. The van der Waals surface area contributed by atoms with Gasteiger partial charge in [0.2, 0.25) is 0 Å². The number of anilines is 1. The van der Waals surface area contributed by atoms with Gasteiger partial charge in [0.25, 0.3) is 5.91 Å². The third kappa shape index (κ3) is 3.17. The fourth-order valence-electron chi connectivity index (χ4n) is 1.26. The molecular weight excluding hydrogens is 402 g/mol.